The number of benzene rings is 1. The summed E-state index contributed by atoms with van der Waals surface area (Å²) in [4.78, 5) is 26.4. The number of thioether (sulfide) groups is 1. The van der Waals surface area contributed by atoms with Gasteiger partial charge in [-0.15, -0.1) is 11.8 Å². The van der Waals surface area contributed by atoms with Crippen LogP contribution in [0, 0.1) is 11.7 Å². The van der Waals surface area contributed by atoms with Crippen LogP contribution in [-0.2, 0) is 4.79 Å². The fourth-order valence-corrected chi connectivity index (χ4v) is 4.80. The lowest BCUT2D eigenvalue weighted by molar-refractivity contribution is -0.134. The van der Waals surface area contributed by atoms with Crippen LogP contribution >= 0.6 is 11.8 Å². The monoisotopic (exact) mass is 349 g/mol. The normalized spacial score (nSPS) is 23.7. The molecule has 3 nitrogen and oxygen atoms in total. The number of hydrogen-bond donors (Lipinski definition) is 0. The van der Waals surface area contributed by atoms with Crippen LogP contribution in [0.25, 0.3) is 0 Å². The van der Waals surface area contributed by atoms with E-state index in [1.54, 1.807) is 12.1 Å². The Bertz CT molecular complexity index is 632. The van der Waals surface area contributed by atoms with Crippen LogP contribution in [-0.4, -0.2) is 34.9 Å². The van der Waals surface area contributed by atoms with Crippen molar-refractivity contribution >= 4 is 23.5 Å². The molecule has 0 bridgehead atoms. The molecule has 1 aromatic carbocycles. The van der Waals surface area contributed by atoms with E-state index < -0.39 is 5.82 Å². The molecule has 0 N–H and O–H groups in total. The van der Waals surface area contributed by atoms with Crippen LogP contribution in [0.15, 0.2) is 23.1 Å². The summed E-state index contributed by atoms with van der Waals surface area (Å²) in [7, 11) is 0. The SMILES string of the molecule is CC(=O)c1ccc(SCC(=O)N2CCCC3CCCCC32)c(F)c1. The molecular formula is C19H24FNO2S. The molecule has 2 aliphatic rings. The smallest absolute Gasteiger partial charge is 0.233 e. The fraction of sp³-hybridized carbons (Fsp3) is 0.579. The number of hydrogen-bond acceptors (Lipinski definition) is 3. The van der Waals surface area contributed by atoms with Crippen molar-refractivity contribution in [2.75, 3.05) is 12.3 Å². The molecule has 1 aliphatic heterocycles. The molecule has 2 unspecified atom stereocenters. The number of carbonyl (C=O) groups is 2. The zero-order valence-electron chi connectivity index (χ0n) is 14.1. The van der Waals surface area contributed by atoms with Crippen molar-refractivity contribution in [2.24, 2.45) is 5.92 Å². The van der Waals surface area contributed by atoms with E-state index >= 15 is 0 Å². The topological polar surface area (TPSA) is 37.4 Å². The summed E-state index contributed by atoms with van der Waals surface area (Å²) in [6, 6.07) is 4.87. The van der Waals surface area contributed by atoms with Gasteiger partial charge >= 0.3 is 0 Å². The zero-order valence-corrected chi connectivity index (χ0v) is 14.9. The number of likely N-dealkylation sites (tertiary alicyclic amines) is 1. The van der Waals surface area contributed by atoms with Gasteiger partial charge in [-0.1, -0.05) is 18.9 Å². The Hall–Kier alpha value is -1.36. The molecule has 0 radical (unpaired) electrons. The van der Waals surface area contributed by atoms with Gasteiger partial charge in [0.05, 0.1) is 5.75 Å². The standard InChI is InChI=1S/C19H24FNO2S/c1-13(22)15-8-9-18(16(20)11-15)24-12-19(23)21-10-4-6-14-5-2-3-7-17(14)21/h8-9,11,14,17H,2-7,10,12H2,1H3. The van der Waals surface area contributed by atoms with Crippen molar-refractivity contribution in [1.29, 1.82) is 0 Å². The third kappa shape index (κ3) is 3.82. The number of halogens is 1. The van der Waals surface area contributed by atoms with Crippen molar-refractivity contribution in [3.05, 3.63) is 29.6 Å². The second-order valence-electron chi connectivity index (χ2n) is 6.83. The minimum absolute atomic E-state index is 0.117. The van der Waals surface area contributed by atoms with Gasteiger partial charge in [0.15, 0.2) is 5.78 Å². The predicted octanol–water partition coefficient (Wildman–Crippen LogP) is 4.30. The maximum atomic E-state index is 14.1. The highest BCUT2D eigenvalue weighted by atomic mass is 32.2. The largest absolute Gasteiger partial charge is 0.339 e. The Morgan fingerprint density at radius 1 is 1.21 bits per heavy atom. The quantitative estimate of drug-likeness (QED) is 0.601. The minimum atomic E-state index is -0.422. The number of carbonyl (C=O) groups excluding carboxylic acids is 2. The maximum absolute atomic E-state index is 14.1. The Labute approximate surface area is 147 Å². The first-order valence-electron chi connectivity index (χ1n) is 8.79. The van der Waals surface area contributed by atoms with E-state index in [1.165, 1.54) is 50.4 Å². The molecule has 1 heterocycles. The second kappa shape index (κ2) is 7.68. The number of amides is 1. The summed E-state index contributed by atoms with van der Waals surface area (Å²) < 4.78 is 14.1. The van der Waals surface area contributed by atoms with Crippen LogP contribution in [0.5, 0.6) is 0 Å². The first kappa shape index (κ1) is 17.5. The summed E-state index contributed by atoms with van der Waals surface area (Å²) in [5.74, 6) is 0.465. The molecule has 3 rings (SSSR count). The summed E-state index contributed by atoms with van der Waals surface area (Å²) in [6.07, 6.45) is 7.17. The van der Waals surface area contributed by atoms with Crippen molar-refractivity contribution in [1.82, 2.24) is 4.90 Å². The molecule has 1 aliphatic carbocycles. The van der Waals surface area contributed by atoms with Crippen LogP contribution < -0.4 is 0 Å². The molecule has 130 valence electrons. The van der Waals surface area contributed by atoms with E-state index in [1.807, 2.05) is 4.90 Å². The highest BCUT2D eigenvalue weighted by Crippen LogP contribution is 2.36. The van der Waals surface area contributed by atoms with Gasteiger partial charge in [-0.3, -0.25) is 9.59 Å². The molecule has 2 atom stereocenters. The van der Waals surface area contributed by atoms with Gasteiger partial charge in [-0.2, -0.15) is 0 Å². The first-order chi connectivity index (χ1) is 11.6. The van der Waals surface area contributed by atoms with Crippen LogP contribution in [0.2, 0.25) is 0 Å². The van der Waals surface area contributed by atoms with Crippen molar-refractivity contribution in [2.45, 2.75) is 56.4 Å². The number of piperidine rings is 1. The van der Waals surface area contributed by atoms with Gasteiger partial charge in [-0.25, -0.2) is 4.39 Å². The highest BCUT2D eigenvalue weighted by Gasteiger charge is 2.35. The summed E-state index contributed by atoms with van der Waals surface area (Å²) in [6.45, 7) is 2.26. The number of Topliss-reactive ketones (excluding diaryl/α,β-unsaturated/α-hetero) is 1. The Morgan fingerprint density at radius 2 is 1.96 bits per heavy atom. The maximum Gasteiger partial charge on any atom is 0.233 e. The molecule has 0 spiro atoms. The predicted molar refractivity (Wildman–Crippen MR) is 93.8 cm³/mol. The molecular weight excluding hydrogens is 325 g/mol. The van der Waals surface area contributed by atoms with Gasteiger partial charge in [-0.05, 0) is 50.7 Å². The summed E-state index contributed by atoms with van der Waals surface area (Å²) in [5, 5.41) is 0. The van der Waals surface area contributed by atoms with Crippen molar-refractivity contribution < 1.29 is 14.0 Å². The summed E-state index contributed by atoms with van der Waals surface area (Å²) in [5.41, 5.74) is 0.365. The number of ketones is 1. The molecule has 1 saturated heterocycles. The zero-order chi connectivity index (χ0) is 17.1. The van der Waals surface area contributed by atoms with E-state index in [0.717, 1.165) is 19.4 Å². The Morgan fingerprint density at radius 3 is 2.71 bits per heavy atom. The minimum Gasteiger partial charge on any atom is -0.339 e. The number of rotatable bonds is 4. The Balaban J connectivity index is 1.61. The van der Waals surface area contributed by atoms with Gasteiger partial charge in [0.25, 0.3) is 0 Å². The molecule has 1 aromatic rings. The van der Waals surface area contributed by atoms with E-state index in [2.05, 4.69) is 0 Å². The average Bonchev–Trinajstić information content (AvgIpc) is 2.59. The van der Waals surface area contributed by atoms with Gasteiger partial charge in [0.1, 0.15) is 5.82 Å². The summed E-state index contributed by atoms with van der Waals surface area (Å²) >= 11 is 1.23. The lowest BCUT2D eigenvalue weighted by Gasteiger charge is -2.44. The van der Waals surface area contributed by atoms with E-state index in [9.17, 15) is 14.0 Å². The highest BCUT2D eigenvalue weighted by molar-refractivity contribution is 8.00. The van der Waals surface area contributed by atoms with E-state index in [0.29, 0.717) is 22.4 Å². The van der Waals surface area contributed by atoms with Gasteiger partial charge in [0.2, 0.25) is 5.91 Å². The molecule has 0 aromatic heterocycles. The Kier molecular flexibility index (Phi) is 5.59. The van der Waals surface area contributed by atoms with E-state index in [-0.39, 0.29) is 17.4 Å². The lowest BCUT2D eigenvalue weighted by Crippen LogP contribution is -2.50. The molecule has 1 amide bonds. The molecule has 2 fully saturated rings. The van der Waals surface area contributed by atoms with Crippen LogP contribution in [0.3, 0.4) is 0 Å². The number of nitrogens with zero attached hydrogens (tertiary/aromatic N) is 1. The van der Waals surface area contributed by atoms with E-state index in [4.69, 9.17) is 0 Å². The van der Waals surface area contributed by atoms with Crippen molar-refractivity contribution in [3.63, 3.8) is 0 Å². The van der Waals surface area contributed by atoms with Crippen molar-refractivity contribution in [3.8, 4) is 0 Å². The average molecular weight is 349 g/mol. The van der Waals surface area contributed by atoms with Crippen LogP contribution in [0.4, 0.5) is 4.39 Å². The third-order valence-corrected chi connectivity index (χ3v) is 6.29. The number of fused-ring (bicyclic) bond motifs is 1. The van der Waals surface area contributed by atoms with Crippen LogP contribution in [0.1, 0.15) is 55.8 Å². The molecule has 24 heavy (non-hydrogen) atoms. The first-order valence-corrected chi connectivity index (χ1v) is 9.77. The molecule has 5 heteroatoms. The second-order valence-corrected chi connectivity index (χ2v) is 7.85. The lowest BCUT2D eigenvalue weighted by atomic mass is 9.78. The third-order valence-electron chi connectivity index (χ3n) is 5.25. The molecule has 1 saturated carbocycles. The van der Waals surface area contributed by atoms with Gasteiger partial charge < -0.3 is 4.90 Å². The van der Waals surface area contributed by atoms with Gasteiger partial charge in [0, 0.05) is 23.0 Å². The fourth-order valence-electron chi connectivity index (χ4n) is 3.99.